The second kappa shape index (κ2) is 8.97. The summed E-state index contributed by atoms with van der Waals surface area (Å²) in [4.78, 5) is 45.7. The van der Waals surface area contributed by atoms with Crippen molar-refractivity contribution in [1.29, 1.82) is 0 Å². The van der Waals surface area contributed by atoms with Crippen molar-refractivity contribution in [1.82, 2.24) is 10.6 Å². The van der Waals surface area contributed by atoms with E-state index in [4.69, 9.17) is 16.3 Å². The minimum absolute atomic E-state index is 0.0347. The fraction of sp³-hybridized carbons (Fsp3) is 0.400. The van der Waals surface area contributed by atoms with Crippen molar-refractivity contribution in [2.75, 3.05) is 6.54 Å². The van der Waals surface area contributed by atoms with Crippen molar-refractivity contribution < 1.29 is 24.0 Å². The van der Waals surface area contributed by atoms with Crippen LogP contribution in [0.1, 0.15) is 31.1 Å². The van der Waals surface area contributed by atoms with Gasteiger partial charge in [0.15, 0.2) is 6.10 Å². The lowest BCUT2D eigenvalue weighted by atomic mass is 10.1. The van der Waals surface area contributed by atoms with Crippen LogP contribution < -0.4 is 10.6 Å². The smallest absolute Gasteiger partial charge is 0.329 e. The third kappa shape index (κ3) is 5.71. The summed E-state index contributed by atoms with van der Waals surface area (Å²) in [6.07, 6.45) is -1.01. The van der Waals surface area contributed by atoms with Crippen molar-refractivity contribution in [2.45, 2.75) is 32.9 Å². The Labute approximate surface area is 148 Å². The van der Waals surface area contributed by atoms with Gasteiger partial charge in [0.25, 0.3) is 17.5 Å². The number of nitro benzene ring substituents is 1. The fourth-order valence-corrected chi connectivity index (χ4v) is 1.97. The molecule has 0 aliphatic heterocycles. The molecule has 2 amide bonds. The summed E-state index contributed by atoms with van der Waals surface area (Å²) >= 11 is 5.68. The number of hydrogen-bond acceptors (Lipinski definition) is 6. The van der Waals surface area contributed by atoms with Crippen molar-refractivity contribution in [3.05, 3.63) is 38.9 Å². The Morgan fingerprint density at radius 3 is 2.52 bits per heavy atom. The van der Waals surface area contributed by atoms with Gasteiger partial charge in [0, 0.05) is 18.2 Å². The fourth-order valence-electron chi connectivity index (χ4n) is 1.78. The molecule has 0 saturated heterocycles. The second-order valence-corrected chi connectivity index (χ2v) is 5.50. The number of nitrogens with one attached hydrogen (secondary N) is 2. The van der Waals surface area contributed by atoms with Gasteiger partial charge in [0.05, 0.1) is 4.92 Å². The molecule has 0 aromatic heterocycles. The van der Waals surface area contributed by atoms with E-state index in [9.17, 15) is 24.5 Å². The second-order valence-electron chi connectivity index (χ2n) is 5.09. The zero-order valence-corrected chi connectivity index (χ0v) is 14.6. The maximum Gasteiger partial charge on any atom is 0.329 e. The summed E-state index contributed by atoms with van der Waals surface area (Å²) in [7, 11) is 0. The Kier molecular flexibility index (Phi) is 7.31. The van der Waals surface area contributed by atoms with Gasteiger partial charge in [-0.25, -0.2) is 4.79 Å². The molecule has 0 saturated carbocycles. The van der Waals surface area contributed by atoms with E-state index in [2.05, 4.69) is 10.6 Å². The van der Waals surface area contributed by atoms with Crippen molar-refractivity contribution in [3.63, 3.8) is 0 Å². The van der Waals surface area contributed by atoms with E-state index in [1.807, 2.05) is 0 Å². The van der Waals surface area contributed by atoms with Gasteiger partial charge in [-0.05, 0) is 32.9 Å². The monoisotopic (exact) mass is 371 g/mol. The highest BCUT2D eigenvalue weighted by Crippen LogP contribution is 2.25. The maximum atomic E-state index is 12.1. The lowest BCUT2D eigenvalue weighted by molar-refractivity contribution is -0.384. The molecule has 0 fully saturated rings. The third-order valence-corrected chi connectivity index (χ3v) is 3.44. The molecule has 1 rings (SSSR count). The van der Waals surface area contributed by atoms with Gasteiger partial charge in [-0.2, -0.15) is 0 Å². The van der Waals surface area contributed by atoms with Crippen molar-refractivity contribution >= 4 is 35.1 Å². The number of carbonyl (C=O) groups is 3. The molecule has 136 valence electrons. The Morgan fingerprint density at radius 1 is 1.32 bits per heavy atom. The molecule has 9 nitrogen and oxygen atoms in total. The summed E-state index contributed by atoms with van der Waals surface area (Å²) in [5, 5.41) is 15.6. The number of benzene rings is 1. The molecule has 0 spiro atoms. The van der Waals surface area contributed by atoms with E-state index in [-0.39, 0.29) is 10.6 Å². The number of nitro groups is 1. The molecule has 0 heterocycles. The molecule has 0 aliphatic carbocycles. The Hall–Kier alpha value is -2.68. The van der Waals surface area contributed by atoms with E-state index in [1.54, 1.807) is 6.92 Å². The minimum atomic E-state index is -1.06. The largest absolute Gasteiger partial charge is 0.451 e. The van der Waals surface area contributed by atoms with Gasteiger partial charge < -0.3 is 15.4 Å². The van der Waals surface area contributed by atoms with E-state index >= 15 is 0 Å². The van der Waals surface area contributed by atoms with Crippen LogP contribution >= 0.6 is 11.6 Å². The van der Waals surface area contributed by atoms with Crippen LogP contribution in [0.3, 0.4) is 0 Å². The van der Waals surface area contributed by atoms with Crippen LogP contribution in [0, 0.1) is 10.1 Å². The molecular weight excluding hydrogens is 354 g/mol. The van der Waals surface area contributed by atoms with Gasteiger partial charge in [-0.15, -0.1) is 0 Å². The third-order valence-electron chi connectivity index (χ3n) is 3.12. The van der Waals surface area contributed by atoms with Gasteiger partial charge in [0.1, 0.15) is 11.1 Å². The number of carbonyl (C=O) groups excluding carboxylic acids is 3. The average molecular weight is 372 g/mol. The predicted molar refractivity (Wildman–Crippen MR) is 89.3 cm³/mol. The number of likely N-dealkylation sites (N-methyl/N-ethyl adjacent to an activating group) is 1. The van der Waals surface area contributed by atoms with Gasteiger partial charge in [-0.1, -0.05) is 11.6 Å². The Bertz CT molecular complexity index is 694. The molecule has 1 aromatic carbocycles. The quantitative estimate of drug-likeness (QED) is 0.424. The first-order chi connectivity index (χ1) is 11.7. The first-order valence-corrected chi connectivity index (χ1v) is 7.78. The van der Waals surface area contributed by atoms with E-state index in [0.29, 0.717) is 6.54 Å². The highest BCUT2D eigenvalue weighted by Gasteiger charge is 2.24. The maximum absolute atomic E-state index is 12.1. The zero-order valence-electron chi connectivity index (χ0n) is 13.9. The van der Waals surface area contributed by atoms with Crippen LogP contribution in [0.4, 0.5) is 5.69 Å². The summed E-state index contributed by atoms with van der Waals surface area (Å²) in [5.74, 6) is -1.98. The first-order valence-electron chi connectivity index (χ1n) is 7.40. The number of esters is 1. The Morgan fingerprint density at radius 2 is 1.96 bits per heavy atom. The van der Waals surface area contributed by atoms with Crippen LogP contribution in [0.2, 0.25) is 5.02 Å². The van der Waals surface area contributed by atoms with E-state index in [1.165, 1.54) is 26.0 Å². The summed E-state index contributed by atoms with van der Waals surface area (Å²) < 4.78 is 4.95. The average Bonchev–Trinajstić information content (AvgIpc) is 2.54. The van der Waals surface area contributed by atoms with Crippen LogP contribution in [0.5, 0.6) is 0 Å². The SMILES string of the molecule is CCNC(=O)[C@H](C)OC(=O)[C@H](C)NC(=O)c1ccc(Cl)c([N+](=O)[O-])c1. The van der Waals surface area contributed by atoms with Gasteiger partial charge >= 0.3 is 5.97 Å². The summed E-state index contributed by atoms with van der Waals surface area (Å²) in [5.41, 5.74) is -0.457. The number of ether oxygens (including phenoxy) is 1. The minimum Gasteiger partial charge on any atom is -0.451 e. The highest BCUT2D eigenvalue weighted by atomic mass is 35.5. The predicted octanol–water partition coefficient (Wildman–Crippen LogP) is 1.43. The summed E-state index contributed by atoms with van der Waals surface area (Å²) in [6, 6.07) is 2.46. The van der Waals surface area contributed by atoms with Crippen LogP contribution in [-0.4, -0.2) is 41.4 Å². The Balaban J connectivity index is 2.73. The number of rotatable bonds is 7. The van der Waals surface area contributed by atoms with E-state index in [0.717, 1.165) is 6.07 Å². The molecule has 25 heavy (non-hydrogen) atoms. The summed E-state index contributed by atoms with van der Waals surface area (Å²) in [6.45, 7) is 4.89. The highest BCUT2D eigenvalue weighted by molar-refractivity contribution is 6.32. The molecule has 0 unspecified atom stereocenters. The molecule has 2 atom stereocenters. The standard InChI is InChI=1S/C15H18ClN3O6/c1-4-17-13(20)9(3)25-15(22)8(2)18-14(21)10-5-6-11(16)12(7-10)19(23)24/h5-9H,4H2,1-3H3,(H,17,20)(H,18,21)/t8-,9-/m0/s1. The van der Waals surface area contributed by atoms with Crippen LogP contribution in [-0.2, 0) is 14.3 Å². The number of nitrogens with zero attached hydrogens (tertiary/aromatic N) is 1. The normalized spacial score (nSPS) is 12.6. The number of halogens is 1. The molecule has 0 radical (unpaired) electrons. The van der Waals surface area contributed by atoms with Crippen LogP contribution in [0.25, 0.3) is 0 Å². The first kappa shape index (κ1) is 20.4. The number of hydrogen-bond donors (Lipinski definition) is 2. The van der Waals surface area contributed by atoms with Gasteiger partial charge in [0.2, 0.25) is 0 Å². The molecule has 1 aromatic rings. The lowest BCUT2D eigenvalue weighted by Crippen LogP contribution is -2.43. The molecule has 0 bridgehead atoms. The van der Waals surface area contributed by atoms with Crippen LogP contribution in [0.15, 0.2) is 18.2 Å². The molecule has 2 N–H and O–H groups in total. The molecular formula is C15H18ClN3O6. The molecule has 10 heteroatoms. The topological polar surface area (TPSA) is 128 Å². The number of amides is 2. The van der Waals surface area contributed by atoms with E-state index < -0.39 is 40.5 Å². The van der Waals surface area contributed by atoms with Crippen molar-refractivity contribution in [2.24, 2.45) is 0 Å². The van der Waals surface area contributed by atoms with Crippen molar-refractivity contribution in [3.8, 4) is 0 Å². The zero-order chi connectivity index (χ0) is 19.1. The van der Waals surface area contributed by atoms with Gasteiger partial charge in [-0.3, -0.25) is 19.7 Å². The lowest BCUT2D eigenvalue weighted by Gasteiger charge is -2.17. The molecule has 0 aliphatic rings.